The van der Waals surface area contributed by atoms with Gasteiger partial charge in [0.2, 0.25) is 0 Å². The fourth-order valence-electron chi connectivity index (χ4n) is 6.49. The maximum atomic E-state index is 13.8. The van der Waals surface area contributed by atoms with Crippen molar-refractivity contribution in [2.45, 2.75) is 18.9 Å². The molecule has 4 N–H and O–H groups in total. The van der Waals surface area contributed by atoms with Gasteiger partial charge in [-0.25, -0.2) is 9.78 Å². The summed E-state index contributed by atoms with van der Waals surface area (Å²) in [7, 11) is 3.92. The van der Waals surface area contributed by atoms with Gasteiger partial charge in [-0.15, -0.1) is 0 Å². The number of carboxylic acids is 1. The molecule has 41 heavy (non-hydrogen) atoms. The van der Waals surface area contributed by atoms with Gasteiger partial charge in [0.1, 0.15) is 11.4 Å². The summed E-state index contributed by atoms with van der Waals surface area (Å²) in [4.78, 5) is 41.2. The smallest absolute Gasteiger partial charge is 0.335 e. The van der Waals surface area contributed by atoms with E-state index in [1.165, 1.54) is 0 Å². The number of pyridine rings is 1. The maximum Gasteiger partial charge on any atom is 0.335 e. The Hall–Kier alpha value is -4.63. The molecule has 5 aromatic rings. The average molecular weight is 549 g/mol. The number of hydrogen-bond acceptors (Lipinski definition) is 6. The van der Waals surface area contributed by atoms with Crippen LogP contribution in [0, 0.1) is 5.92 Å². The second-order valence-electron chi connectivity index (χ2n) is 11.4. The highest BCUT2D eigenvalue weighted by molar-refractivity contribution is 6.04. The van der Waals surface area contributed by atoms with E-state index in [2.05, 4.69) is 26.3 Å². The molecule has 2 aromatic heterocycles. The Bertz CT molecular complexity index is 1820. The number of anilines is 2. The normalized spacial score (nSPS) is 20.0. The Balaban J connectivity index is 1.47. The fraction of sp³-hybridized carbons (Fsp3) is 0.281. The van der Waals surface area contributed by atoms with E-state index in [0.29, 0.717) is 17.3 Å². The summed E-state index contributed by atoms with van der Waals surface area (Å²) in [6, 6.07) is 19.0. The molecule has 8 rings (SSSR count). The van der Waals surface area contributed by atoms with E-state index in [1.54, 1.807) is 12.1 Å². The Morgan fingerprint density at radius 2 is 1.78 bits per heavy atom. The molecule has 208 valence electrons. The molecule has 3 saturated heterocycles. The molecule has 9 nitrogen and oxygen atoms in total. The Labute approximate surface area is 236 Å². The number of aromatic carboxylic acids is 1. The largest absolute Gasteiger partial charge is 0.478 e. The fourth-order valence-corrected chi connectivity index (χ4v) is 6.49. The van der Waals surface area contributed by atoms with Crippen LogP contribution >= 0.6 is 0 Å². The molecule has 3 aliphatic heterocycles. The van der Waals surface area contributed by atoms with Crippen LogP contribution in [0.5, 0.6) is 0 Å². The highest BCUT2D eigenvalue weighted by Gasteiger charge is 2.35. The van der Waals surface area contributed by atoms with E-state index < -0.39 is 5.97 Å². The van der Waals surface area contributed by atoms with E-state index in [9.17, 15) is 14.7 Å². The molecule has 9 heteroatoms. The SMILES string of the molecule is CN(C)c1cc2[nH]c(=O)c(-c3nc4ccccc4[nH]3)c(N[C@H]3CN4CCC3CC4)c2cc1-c1ccc(C(=O)O)cc1. The van der Waals surface area contributed by atoms with Crippen molar-refractivity contribution in [3.8, 4) is 22.5 Å². The maximum absolute atomic E-state index is 13.8. The van der Waals surface area contributed by atoms with Gasteiger partial charge in [0.05, 0.1) is 27.8 Å². The van der Waals surface area contributed by atoms with Crippen LogP contribution in [0.3, 0.4) is 0 Å². The molecule has 0 saturated carbocycles. The van der Waals surface area contributed by atoms with E-state index >= 15 is 0 Å². The highest BCUT2D eigenvalue weighted by atomic mass is 16.4. The summed E-state index contributed by atoms with van der Waals surface area (Å²) in [5.74, 6) is 0.115. The number of piperidine rings is 3. The van der Waals surface area contributed by atoms with Crippen LogP contribution in [-0.2, 0) is 0 Å². The van der Waals surface area contributed by atoms with Crippen LogP contribution < -0.4 is 15.8 Å². The number of hydrogen-bond donors (Lipinski definition) is 4. The number of nitrogens with zero attached hydrogens (tertiary/aromatic N) is 3. The van der Waals surface area contributed by atoms with Crippen molar-refractivity contribution in [3.05, 3.63) is 76.6 Å². The minimum absolute atomic E-state index is 0.205. The minimum atomic E-state index is -0.958. The average Bonchev–Trinajstić information content (AvgIpc) is 3.41. The number of para-hydroxylation sites is 2. The molecule has 1 atom stereocenters. The van der Waals surface area contributed by atoms with Gasteiger partial charge in [0.15, 0.2) is 0 Å². The van der Waals surface area contributed by atoms with Gasteiger partial charge in [-0.1, -0.05) is 24.3 Å². The van der Waals surface area contributed by atoms with Crippen LogP contribution in [-0.4, -0.2) is 70.7 Å². The molecule has 0 radical (unpaired) electrons. The molecule has 0 unspecified atom stereocenters. The molecule has 3 aliphatic rings. The number of rotatable bonds is 6. The molecule has 3 fully saturated rings. The van der Waals surface area contributed by atoms with Gasteiger partial charge in [-0.3, -0.25) is 4.79 Å². The number of H-pyrrole nitrogens is 2. The summed E-state index contributed by atoms with van der Waals surface area (Å²) in [6.07, 6.45) is 2.29. The van der Waals surface area contributed by atoms with Gasteiger partial charge >= 0.3 is 5.97 Å². The topological polar surface area (TPSA) is 117 Å². The number of fused-ring (bicyclic) bond motifs is 5. The third-order valence-electron chi connectivity index (χ3n) is 8.67. The molecular weight excluding hydrogens is 516 g/mol. The minimum Gasteiger partial charge on any atom is -0.478 e. The van der Waals surface area contributed by atoms with Crippen molar-refractivity contribution >= 4 is 39.3 Å². The number of carbonyl (C=O) groups is 1. The summed E-state index contributed by atoms with van der Waals surface area (Å²) in [5.41, 5.74) is 6.46. The summed E-state index contributed by atoms with van der Waals surface area (Å²) >= 11 is 0. The summed E-state index contributed by atoms with van der Waals surface area (Å²) in [6.45, 7) is 3.19. The summed E-state index contributed by atoms with van der Waals surface area (Å²) < 4.78 is 0. The predicted octanol–water partition coefficient (Wildman–Crippen LogP) is 5.01. The molecule has 2 bridgehead atoms. The zero-order valence-electron chi connectivity index (χ0n) is 23.1. The molecular formula is C32H32N6O3. The van der Waals surface area contributed by atoms with E-state index in [-0.39, 0.29) is 17.2 Å². The van der Waals surface area contributed by atoms with Crippen LogP contribution in [0.2, 0.25) is 0 Å². The Morgan fingerprint density at radius 3 is 2.44 bits per heavy atom. The monoisotopic (exact) mass is 548 g/mol. The van der Waals surface area contributed by atoms with Gasteiger partial charge in [-0.05, 0) is 73.8 Å². The van der Waals surface area contributed by atoms with Gasteiger partial charge in [0, 0.05) is 43.3 Å². The number of imidazole rings is 1. The molecule has 0 aliphatic carbocycles. The quantitative estimate of drug-likeness (QED) is 0.236. The van der Waals surface area contributed by atoms with Gasteiger partial charge in [-0.2, -0.15) is 0 Å². The number of aromatic nitrogens is 3. The number of carboxylic acid groups (broad SMARTS) is 1. The molecule has 0 amide bonds. The molecule has 0 spiro atoms. The van der Waals surface area contributed by atoms with Crippen LogP contribution in [0.25, 0.3) is 44.5 Å². The summed E-state index contributed by atoms with van der Waals surface area (Å²) in [5, 5.41) is 14.2. The lowest BCUT2D eigenvalue weighted by atomic mass is 9.83. The number of nitrogens with one attached hydrogen (secondary N) is 3. The first-order valence-corrected chi connectivity index (χ1v) is 14.0. The Kier molecular flexibility index (Phi) is 6.04. The van der Waals surface area contributed by atoms with Crippen molar-refractivity contribution in [1.29, 1.82) is 0 Å². The van der Waals surface area contributed by atoms with Crippen LogP contribution in [0.1, 0.15) is 23.2 Å². The van der Waals surface area contributed by atoms with Crippen molar-refractivity contribution in [2.75, 3.05) is 43.9 Å². The van der Waals surface area contributed by atoms with Crippen LogP contribution in [0.15, 0.2) is 65.5 Å². The van der Waals surface area contributed by atoms with Crippen molar-refractivity contribution in [2.24, 2.45) is 5.92 Å². The lowest BCUT2D eigenvalue weighted by Gasteiger charge is -2.45. The third kappa shape index (κ3) is 4.42. The lowest BCUT2D eigenvalue weighted by Crippen LogP contribution is -2.53. The molecule has 5 heterocycles. The zero-order chi connectivity index (χ0) is 28.2. The standard InChI is InChI=1S/C32H32N6O3/c1-37(2)27-16-25-22(15-21(27)18-7-9-20(10-8-18)32(40)41)29(33-26-17-38-13-11-19(26)12-14-38)28(31(39)36-25)30-34-23-5-3-4-6-24(23)35-30/h3-10,15-16,19,26H,11-14,17H2,1-2H3,(H,34,35)(H,40,41)(H2,33,36,39)/t26-/m0/s1. The third-order valence-corrected chi connectivity index (χ3v) is 8.67. The first kappa shape index (κ1) is 25.3. The van der Waals surface area contributed by atoms with Gasteiger partial charge < -0.3 is 30.2 Å². The molecule has 3 aromatic carbocycles. The van der Waals surface area contributed by atoms with Crippen molar-refractivity contribution in [1.82, 2.24) is 19.9 Å². The zero-order valence-corrected chi connectivity index (χ0v) is 23.1. The lowest BCUT2D eigenvalue weighted by molar-refractivity contribution is 0.0697. The van der Waals surface area contributed by atoms with Gasteiger partial charge in [0.25, 0.3) is 5.56 Å². The second kappa shape index (κ2) is 9.78. The first-order valence-electron chi connectivity index (χ1n) is 14.0. The van der Waals surface area contributed by atoms with Crippen molar-refractivity contribution in [3.63, 3.8) is 0 Å². The highest BCUT2D eigenvalue weighted by Crippen LogP contribution is 2.40. The van der Waals surface area contributed by atoms with E-state index in [4.69, 9.17) is 4.98 Å². The predicted molar refractivity (Wildman–Crippen MR) is 163 cm³/mol. The second-order valence-corrected chi connectivity index (χ2v) is 11.4. The van der Waals surface area contributed by atoms with Crippen LogP contribution in [0.4, 0.5) is 11.4 Å². The number of benzene rings is 3. The van der Waals surface area contributed by atoms with E-state index in [1.807, 2.05) is 61.5 Å². The number of aromatic amines is 2. The first-order chi connectivity index (χ1) is 19.9. The van der Waals surface area contributed by atoms with E-state index in [0.717, 1.165) is 76.9 Å². The Morgan fingerprint density at radius 1 is 1.02 bits per heavy atom. The van der Waals surface area contributed by atoms with Crippen molar-refractivity contribution < 1.29 is 9.90 Å².